The van der Waals surface area contributed by atoms with Gasteiger partial charge in [-0.3, -0.25) is 10.1 Å². The molecule has 19 heavy (non-hydrogen) atoms. The summed E-state index contributed by atoms with van der Waals surface area (Å²) < 4.78 is 5.02. The Labute approximate surface area is 111 Å². The van der Waals surface area contributed by atoms with E-state index >= 15 is 0 Å². The van der Waals surface area contributed by atoms with Crippen LogP contribution in [0.15, 0.2) is 41.2 Å². The van der Waals surface area contributed by atoms with E-state index in [2.05, 4.69) is 5.32 Å². The Bertz CT molecular complexity index is 564. The summed E-state index contributed by atoms with van der Waals surface area (Å²) in [5, 5.41) is 14.2. The fourth-order valence-electron chi connectivity index (χ4n) is 1.98. The molecule has 0 radical (unpaired) electrons. The van der Waals surface area contributed by atoms with Gasteiger partial charge in [0.25, 0.3) is 5.69 Å². The lowest BCUT2D eigenvalue weighted by atomic mass is 10.1. The maximum absolute atomic E-state index is 11.0. The third-order valence-corrected chi connectivity index (χ3v) is 3.09. The van der Waals surface area contributed by atoms with Crippen molar-refractivity contribution in [2.24, 2.45) is 0 Å². The number of nitro groups is 1. The zero-order valence-electron chi connectivity index (χ0n) is 10.9. The summed E-state index contributed by atoms with van der Waals surface area (Å²) >= 11 is 0. The largest absolute Gasteiger partial charge is 0.472 e. The Balaban J connectivity index is 2.21. The van der Waals surface area contributed by atoms with Crippen molar-refractivity contribution in [1.82, 2.24) is 0 Å². The van der Waals surface area contributed by atoms with E-state index in [1.807, 2.05) is 26.0 Å². The number of hydrogen-bond donors (Lipinski definition) is 1. The Morgan fingerprint density at radius 3 is 2.79 bits per heavy atom. The van der Waals surface area contributed by atoms with Crippen molar-refractivity contribution < 1.29 is 9.34 Å². The van der Waals surface area contributed by atoms with Crippen molar-refractivity contribution in [3.8, 4) is 0 Å². The van der Waals surface area contributed by atoms with Crippen LogP contribution in [0.4, 0.5) is 11.4 Å². The summed E-state index contributed by atoms with van der Waals surface area (Å²) in [5.41, 5.74) is 2.64. The highest BCUT2D eigenvalue weighted by Gasteiger charge is 2.14. The second-order valence-electron chi connectivity index (χ2n) is 4.38. The maximum atomic E-state index is 11.0. The van der Waals surface area contributed by atoms with Gasteiger partial charge in [-0.05, 0) is 25.5 Å². The molecule has 2 rings (SSSR count). The molecule has 0 saturated carbocycles. The molecular formula is C14H16N2O3. The highest BCUT2D eigenvalue weighted by Crippen LogP contribution is 2.26. The van der Waals surface area contributed by atoms with E-state index in [4.69, 9.17) is 4.42 Å². The average molecular weight is 260 g/mol. The van der Waals surface area contributed by atoms with Gasteiger partial charge >= 0.3 is 0 Å². The van der Waals surface area contributed by atoms with Crippen LogP contribution in [-0.4, -0.2) is 4.92 Å². The van der Waals surface area contributed by atoms with E-state index in [0.29, 0.717) is 6.42 Å². The minimum atomic E-state index is -0.341. The number of nitro benzene ring substituents is 1. The number of rotatable bonds is 5. The monoisotopic (exact) mass is 260 g/mol. The number of nitrogens with zero attached hydrogens (tertiary/aromatic N) is 1. The third-order valence-electron chi connectivity index (χ3n) is 3.09. The van der Waals surface area contributed by atoms with Crippen LogP contribution >= 0.6 is 0 Å². The van der Waals surface area contributed by atoms with Gasteiger partial charge in [-0.15, -0.1) is 0 Å². The first-order chi connectivity index (χ1) is 9.11. The van der Waals surface area contributed by atoms with Crippen molar-refractivity contribution >= 4 is 11.4 Å². The SMILES string of the molecule is CCc1ccc(NC(C)c2ccoc2)cc1[N+](=O)[O-]. The van der Waals surface area contributed by atoms with Crippen molar-refractivity contribution in [3.05, 3.63) is 58.0 Å². The van der Waals surface area contributed by atoms with Gasteiger partial charge in [0.2, 0.25) is 0 Å². The summed E-state index contributed by atoms with van der Waals surface area (Å²) in [6.45, 7) is 3.88. The summed E-state index contributed by atoms with van der Waals surface area (Å²) in [6.07, 6.45) is 3.91. The first-order valence-corrected chi connectivity index (χ1v) is 6.17. The average Bonchev–Trinajstić information content (AvgIpc) is 2.92. The molecule has 0 spiro atoms. The van der Waals surface area contributed by atoms with Crippen molar-refractivity contribution in [2.45, 2.75) is 26.3 Å². The van der Waals surface area contributed by atoms with E-state index < -0.39 is 0 Å². The zero-order chi connectivity index (χ0) is 13.8. The highest BCUT2D eigenvalue weighted by molar-refractivity contribution is 5.56. The summed E-state index contributed by atoms with van der Waals surface area (Å²) in [6, 6.07) is 7.14. The van der Waals surface area contributed by atoms with Gasteiger partial charge in [0.05, 0.1) is 23.5 Å². The van der Waals surface area contributed by atoms with Gasteiger partial charge < -0.3 is 9.73 Å². The Kier molecular flexibility index (Phi) is 3.85. The summed E-state index contributed by atoms with van der Waals surface area (Å²) in [7, 11) is 0. The zero-order valence-corrected chi connectivity index (χ0v) is 10.9. The molecule has 0 aliphatic heterocycles. The van der Waals surface area contributed by atoms with Crippen molar-refractivity contribution in [2.75, 3.05) is 5.32 Å². The molecule has 1 unspecified atom stereocenters. The quantitative estimate of drug-likeness (QED) is 0.653. The summed E-state index contributed by atoms with van der Waals surface area (Å²) in [5.74, 6) is 0. The number of aryl methyl sites for hydroxylation is 1. The van der Waals surface area contributed by atoms with E-state index in [1.54, 1.807) is 24.7 Å². The predicted molar refractivity (Wildman–Crippen MR) is 73.2 cm³/mol. The Morgan fingerprint density at radius 1 is 1.42 bits per heavy atom. The van der Waals surface area contributed by atoms with Crippen LogP contribution in [0, 0.1) is 10.1 Å². The van der Waals surface area contributed by atoms with Crippen LogP contribution < -0.4 is 5.32 Å². The minimum Gasteiger partial charge on any atom is -0.472 e. The molecule has 100 valence electrons. The van der Waals surface area contributed by atoms with E-state index in [-0.39, 0.29) is 16.7 Å². The molecule has 1 aromatic carbocycles. The van der Waals surface area contributed by atoms with Gasteiger partial charge in [-0.25, -0.2) is 0 Å². The number of hydrogen-bond acceptors (Lipinski definition) is 4. The molecule has 0 saturated heterocycles. The fraction of sp³-hybridized carbons (Fsp3) is 0.286. The molecule has 1 N–H and O–H groups in total. The van der Waals surface area contributed by atoms with Crippen LogP contribution in [0.1, 0.15) is 31.0 Å². The van der Waals surface area contributed by atoms with Gasteiger partial charge in [0, 0.05) is 22.9 Å². The second kappa shape index (κ2) is 5.56. The fourth-order valence-corrected chi connectivity index (χ4v) is 1.98. The maximum Gasteiger partial charge on any atom is 0.274 e. The molecule has 0 bridgehead atoms. The van der Waals surface area contributed by atoms with Crippen LogP contribution in [-0.2, 0) is 6.42 Å². The van der Waals surface area contributed by atoms with Gasteiger partial charge in [-0.2, -0.15) is 0 Å². The summed E-state index contributed by atoms with van der Waals surface area (Å²) in [4.78, 5) is 10.7. The van der Waals surface area contributed by atoms with Crippen LogP contribution in [0.25, 0.3) is 0 Å². The van der Waals surface area contributed by atoms with E-state index in [0.717, 1.165) is 16.8 Å². The minimum absolute atomic E-state index is 0.0332. The lowest BCUT2D eigenvalue weighted by Crippen LogP contribution is -2.06. The molecule has 0 fully saturated rings. The number of benzene rings is 1. The lowest BCUT2D eigenvalue weighted by molar-refractivity contribution is -0.385. The molecule has 0 aliphatic rings. The van der Waals surface area contributed by atoms with E-state index in [9.17, 15) is 10.1 Å². The van der Waals surface area contributed by atoms with Crippen molar-refractivity contribution in [1.29, 1.82) is 0 Å². The predicted octanol–water partition coefficient (Wildman–Crippen LogP) is 3.92. The second-order valence-corrected chi connectivity index (χ2v) is 4.38. The van der Waals surface area contributed by atoms with Gasteiger partial charge in [0.15, 0.2) is 0 Å². The normalized spacial score (nSPS) is 12.1. The van der Waals surface area contributed by atoms with Crippen LogP contribution in [0.3, 0.4) is 0 Å². The van der Waals surface area contributed by atoms with Crippen LogP contribution in [0.2, 0.25) is 0 Å². The molecule has 0 aliphatic carbocycles. The molecule has 2 aromatic rings. The standard InChI is InChI=1S/C14H16N2O3/c1-3-11-4-5-13(8-14(11)16(17)18)15-10(2)12-6-7-19-9-12/h4-10,15H,3H2,1-2H3. The number of furan rings is 1. The van der Waals surface area contributed by atoms with Gasteiger partial charge in [-0.1, -0.05) is 13.0 Å². The van der Waals surface area contributed by atoms with Crippen molar-refractivity contribution in [3.63, 3.8) is 0 Å². The Morgan fingerprint density at radius 2 is 2.21 bits per heavy atom. The molecule has 5 heteroatoms. The number of anilines is 1. The highest BCUT2D eigenvalue weighted by atomic mass is 16.6. The smallest absolute Gasteiger partial charge is 0.274 e. The Hall–Kier alpha value is -2.30. The molecule has 1 heterocycles. The number of nitrogens with one attached hydrogen (secondary N) is 1. The van der Waals surface area contributed by atoms with Gasteiger partial charge in [0.1, 0.15) is 0 Å². The first kappa shape index (κ1) is 13.1. The molecule has 5 nitrogen and oxygen atoms in total. The third kappa shape index (κ3) is 2.93. The molecular weight excluding hydrogens is 244 g/mol. The van der Waals surface area contributed by atoms with E-state index in [1.165, 1.54) is 0 Å². The van der Waals surface area contributed by atoms with Crippen LogP contribution in [0.5, 0.6) is 0 Å². The topological polar surface area (TPSA) is 68.3 Å². The molecule has 1 aromatic heterocycles. The lowest BCUT2D eigenvalue weighted by Gasteiger charge is -2.14. The molecule has 0 amide bonds. The first-order valence-electron chi connectivity index (χ1n) is 6.17. The molecule has 1 atom stereocenters.